The normalized spacial score (nSPS) is 16.7. The van der Waals surface area contributed by atoms with Crippen molar-refractivity contribution in [2.75, 3.05) is 32.1 Å². The molecule has 2 rings (SSSR count). The Hall–Kier alpha value is -1.14. The number of nitrogens with zero attached hydrogens (tertiary/aromatic N) is 3. The third-order valence-corrected chi connectivity index (χ3v) is 4.57. The van der Waals surface area contributed by atoms with Gasteiger partial charge in [-0.15, -0.1) is 0 Å². The predicted octanol–water partition coefficient (Wildman–Crippen LogP) is 3.02. The Kier molecular flexibility index (Phi) is 4.99. The summed E-state index contributed by atoms with van der Waals surface area (Å²) >= 11 is 3.33. The SMILES string of the molecule is CN(C)C1CCN(c2ccc([N+](=O)[O-])c(CBr)c2)CC1. The van der Waals surface area contributed by atoms with Crippen molar-refractivity contribution in [2.24, 2.45) is 0 Å². The maximum absolute atomic E-state index is 11.0. The monoisotopic (exact) mass is 341 g/mol. The first-order chi connectivity index (χ1) is 9.52. The number of benzene rings is 1. The molecule has 0 N–H and O–H groups in total. The second kappa shape index (κ2) is 6.54. The van der Waals surface area contributed by atoms with Gasteiger partial charge in [0.05, 0.1) is 4.92 Å². The van der Waals surface area contributed by atoms with Gasteiger partial charge >= 0.3 is 0 Å². The van der Waals surface area contributed by atoms with E-state index in [1.807, 2.05) is 12.1 Å². The Morgan fingerprint density at radius 3 is 2.55 bits per heavy atom. The van der Waals surface area contributed by atoms with Gasteiger partial charge in [-0.05, 0) is 39.1 Å². The molecule has 1 heterocycles. The minimum atomic E-state index is -0.321. The smallest absolute Gasteiger partial charge is 0.273 e. The summed E-state index contributed by atoms with van der Waals surface area (Å²) < 4.78 is 0. The zero-order valence-corrected chi connectivity index (χ0v) is 13.5. The van der Waals surface area contributed by atoms with E-state index in [9.17, 15) is 10.1 Å². The van der Waals surface area contributed by atoms with E-state index in [0.717, 1.165) is 37.2 Å². The van der Waals surface area contributed by atoms with Gasteiger partial charge in [0.1, 0.15) is 0 Å². The third-order valence-electron chi connectivity index (χ3n) is 3.96. The number of piperidine rings is 1. The molecule has 0 unspecified atom stereocenters. The van der Waals surface area contributed by atoms with Crippen molar-refractivity contribution >= 4 is 27.3 Å². The van der Waals surface area contributed by atoms with Crippen molar-refractivity contribution < 1.29 is 4.92 Å². The lowest BCUT2D eigenvalue weighted by Gasteiger charge is -2.36. The van der Waals surface area contributed by atoms with Crippen LogP contribution < -0.4 is 4.90 Å². The first-order valence-corrected chi connectivity index (χ1v) is 7.89. The molecule has 0 saturated carbocycles. The molecule has 0 spiro atoms. The van der Waals surface area contributed by atoms with Crippen LogP contribution in [0.15, 0.2) is 18.2 Å². The van der Waals surface area contributed by atoms with Gasteiger partial charge < -0.3 is 9.80 Å². The number of hydrogen-bond donors (Lipinski definition) is 0. The third kappa shape index (κ3) is 3.30. The summed E-state index contributed by atoms with van der Waals surface area (Å²) in [6.45, 7) is 2.00. The molecule has 5 nitrogen and oxygen atoms in total. The number of alkyl halides is 1. The average molecular weight is 342 g/mol. The highest BCUT2D eigenvalue weighted by Gasteiger charge is 2.22. The van der Waals surface area contributed by atoms with Gasteiger partial charge in [0.25, 0.3) is 5.69 Å². The van der Waals surface area contributed by atoms with Crippen LogP contribution in [0.25, 0.3) is 0 Å². The molecule has 1 aliphatic rings. The molecule has 1 aromatic rings. The van der Waals surface area contributed by atoms with Crippen molar-refractivity contribution in [2.45, 2.75) is 24.2 Å². The standard InChI is InChI=1S/C14H20BrN3O2/c1-16(2)12-5-7-17(8-6-12)13-3-4-14(18(19)20)11(9-13)10-15/h3-4,9,12H,5-8,10H2,1-2H3. The van der Waals surface area contributed by atoms with Gasteiger partial charge in [0.2, 0.25) is 0 Å². The fourth-order valence-electron chi connectivity index (χ4n) is 2.69. The molecule has 110 valence electrons. The predicted molar refractivity (Wildman–Crippen MR) is 84.6 cm³/mol. The number of hydrogen-bond acceptors (Lipinski definition) is 4. The molecule has 0 bridgehead atoms. The molecule has 0 aliphatic carbocycles. The van der Waals surface area contributed by atoms with Crippen LogP contribution >= 0.6 is 15.9 Å². The van der Waals surface area contributed by atoms with E-state index in [1.54, 1.807) is 6.07 Å². The Morgan fingerprint density at radius 1 is 1.40 bits per heavy atom. The molecule has 6 heteroatoms. The lowest BCUT2D eigenvalue weighted by molar-refractivity contribution is -0.385. The van der Waals surface area contributed by atoms with Crippen molar-refractivity contribution in [3.8, 4) is 0 Å². The van der Waals surface area contributed by atoms with E-state index in [4.69, 9.17) is 0 Å². The Balaban J connectivity index is 2.12. The number of nitro groups is 1. The number of anilines is 1. The topological polar surface area (TPSA) is 49.6 Å². The molecular formula is C14H20BrN3O2. The van der Waals surface area contributed by atoms with Gasteiger partial charge in [-0.2, -0.15) is 0 Å². The first kappa shape index (κ1) is 15.3. The summed E-state index contributed by atoms with van der Waals surface area (Å²) in [7, 11) is 4.24. The van der Waals surface area contributed by atoms with Gasteiger partial charge in [0, 0.05) is 41.8 Å². The van der Waals surface area contributed by atoms with E-state index < -0.39 is 0 Å². The maximum Gasteiger partial charge on any atom is 0.273 e. The molecule has 0 amide bonds. The second-order valence-corrected chi connectivity index (χ2v) is 5.95. The lowest BCUT2D eigenvalue weighted by Crippen LogP contribution is -2.42. The zero-order valence-electron chi connectivity index (χ0n) is 11.9. The van der Waals surface area contributed by atoms with Crippen LogP contribution in [0, 0.1) is 10.1 Å². The van der Waals surface area contributed by atoms with E-state index in [0.29, 0.717) is 11.4 Å². The Labute approximate surface area is 127 Å². The maximum atomic E-state index is 11.0. The molecular weight excluding hydrogens is 322 g/mol. The molecule has 1 saturated heterocycles. The second-order valence-electron chi connectivity index (χ2n) is 5.39. The van der Waals surface area contributed by atoms with Gasteiger partial charge in [-0.3, -0.25) is 10.1 Å². The molecule has 0 aromatic heterocycles. The van der Waals surface area contributed by atoms with Gasteiger partial charge in [0.15, 0.2) is 0 Å². The Morgan fingerprint density at radius 2 is 2.05 bits per heavy atom. The summed E-state index contributed by atoms with van der Waals surface area (Å²) in [5.41, 5.74) is 2.01. The lowest BCUT2D eigenvalue weighted by atomic mass is 10.0. The van der Waals surface area contributed by atoms with Crippen molar-refractivity contribution in [3.63, 3.8) is 0 Å². The van der Waals surface area contributed by atoms with E-state index in [-0.39, 0.29) is 10.6 Å². The molecule has 0 atom stereocenters. The fourth-order valence-corrected chi connectivity index (χ4v) is 3.14. The van der Waals surface area contributed by atoms with Crippen LogP contribution in [0.3, 0.4) is 0 Å². The Bertz CT molecular complexity index is 485. The van der Waals surface area contributed by atoms with Crippen LogP contribution in [-0.4, -0.2) is 43.0 Å². The minimum Gasteiger partial charge on any atom is -0.371 e. The van der Waals surface area contributed by atoms with E-state index in [2.05, 4.69) is 39.8 Å². The largest absolute Gasteiger partial charge is 0.371 e. The summed E-state index contributed by atoms with van der Waals surface area (Å²) in [5, 5.41) is 11.5. The molecule has 1 aliphatic heterocycles. The highest BCUT2D eigenvalue weighted by molar-refractivity contribution is 9.08. The van der Waals surface area contributed by atoms with Crippen LogP contribution in [0.2, 0.25) is 0 Å². The van der Waals surface area contributed by atoms with Crippen molar-refractivity contribution in [1.29, 1.82) is 0 Å². The van der Waals surface area contributed by atoms with Gasteiger partial charge in [-0.25, -0.2) is 0 Å². The highest BCUT2D eigenvalue weighted by Crippen LogP contribution is 2.28. The summed E-state index contributed by atoms with van der Waals surface area (Å²) in [6.07, 6.45) is 2.27. The number of rotatable bonds is 4. The van der Waals surface area contributed by atoms with Crippen LogP contribution in [-0.2, 0) is 5.33 Å². The van der Waals surface area contributed by atoms with Crippen LogP contribution in [0.5, 0.6) is 0 Å². The van der Waals surface area contributed by atoms with Crippen molar-refractivity contribution in [3.05, 3.63) is 33.9 Å². The molecule has 1 aromatic carbocycles. The fraction of sp³-hybridized carbons (Fsp3) is 0.571. The summed E-state index contributed by atoms with van der Waals surface area (Å²) in [6, 6.07) is 6.05. The van der Waals surface area contributed by atoms with E-state index >= 15 is 0 Å². The number of nitro benzene ring substituents is 1. The average Bonchev–Trinajstić information content (AvgIpc) is 2.46. The van der Waals surface area contributed by atoms with Gasteiger partial charge in [-0.1, -0.05) is 15.9 Å². The highest BCUT2D eigenvalue weighted by atomic mass is 79.9. The quantitative estimate of drug-likeness (QED) is 0.479. The summed E-state index contributed by atoms with van der Waals surface area (Å²) in [5.74, 6) is 0. The zero-order chi connectivity index (χ0) is 14.7. The molecule has 0 radical (unpaired) electrons. The summed E-state index contributed by atoms with van der Waals surface area (Å²) in [4.78, 5) is 15.2. The van der Waals surface area contributed by atoms with Crippen LogP contribution in [0.1, 0.15) is 18.4 Å². The molecule has 1 fully saturated rings. The minimum absolute atomic E-state index is 0.189. The number of halogens is 1. The molecule has 20 heavy (non-hydrogen) atoms. The van der Waals surface area contributed by atoms with E-state index in [1.165, 1.54) is 0 Å². The van der Waals surface area contributed by atoms with Crippen LogP contribution in [0.4, 0.5) is 11.4 Å². The van der Waals surface area contributed by atoms with Crippen molar-refractivity contribution in [1.82, 2.24) is 4.90 Å². The first-order valence-electron chi connectivity index (χ1n) is 6.77.